The number of sulfonamides is 1. The lowest BCUT2D eigenvalue weighted by Crippen LogP contribution is -2.48. The number of carbonyl (C=O) groups excluding carboxylic acids is 1. The number of nitrogens with zero attached hydrogens (tertiary/aromatic N) is 2. The SMILES string of the molecule is COc1ccc(N([C@@H](C)C(=O)N(C)Cc2ccc(C)cc2)S(C)(=O)=O)cc1. The molecule has 2 aromatic rings. The van der Waals surface area contributed by atoms with E-state index in [1.807, 2.05) is 31.2 Å². The van der Waals surface area contributed by atoms with Gasteiger partial charge in [-0.25, -0.2) is 8.42 Å². The van der Waals surface area contributed by atoms with Crippen LogP contribution in [0.2, 0.25) is 0 Å². The van der Waals surface area contributed by atoms with Gasteiger partial charge in [0.15, 0.2) is 0 Å². The molecule has 0 bridgehead atoms. The Kier molecular flexibility index (Phi) is 6.49. The standard InChI is InChI=1S/C20H26N2O4S/c1-15-6-8-17(9-7-15)14-21(3)20(23)16(2)22(27(5,24)25)18-10-12-19(26-4)13-11-18/h6-13,16H,14H2,1-5H3/t16-/m0/s1. The van der Waals surface area contributed by atoms with E-state index in [0.29, 0.717) is 18.0 Å². The summed E-state index contributed by atoms with van der Waals surface area (Å²) in [5.74, 6) is 0.333. The van der Waals surface area contributed by atoms with E-state index >= 15 is 0 Å². The van der Waals surface area contributed by atoms with Crippen LogP contribution >= 0.6 is 0 Å². The van der Waals surface area contributed by atoms with Crippen molar-refractivity contribution in [3.8, 4) is 5.75 Å². The number of benzene rings is 2. The number of hydrogen-bond acceptors (Lipinski definition) is 4. The second-order valence-electron chi connectivity index (χ2n) is 6.61. The fourth-order valence-electron chi connectivity index (χ4n) is 2.90. The molecule has 0 unspecified atom stereocenters. The summed E-state index contributed by atoms with van der Waals surface area (Å²) in [6.07, 6.45) is 1.10. The minimum Gasteiger partial charge on any atom is -0.497 e. The molecule has 1 atom stereocenters. The molecule has 2 aromatic carbocycles. The largest absolute Gasteiger partial charge is 0.497 e. The number of anilines is 1. The Labute approximate surface area is 161 Å². The maximum absolute atomic E-state index is 12.9. The number of carbonyl (C=O) groups is 1. The lowest BCUT2D eigenvalue weighted by Gasteiger charge is -2.31. The van der Waals surface area contributed by atoms with Gasteiger partial charge in [0.1, 0.15) is 11.8 Å². The smallest absolute Gasteiger partial charge is 0.246 e. The first-order valence-corrected chi connectivity index (χ1v) is 10.4. The number of amides is 1. The molecular formula is C20H26N2O4S. The summed E-state index contributed by atoms with van der Waals surface area (Å²) in [7, 11) is -0.438. The minimum atomic E-state index is -3.65. The summed E-state index contributed by atoms with van der Waals surface area (Å²) < 4.78 is 31.0. The Balaban J connectivity index is 2.24. The molecule has 6 nitrogen and oxygen atoms in total. The number of likely N-dealkylation sites (N-methyl/N-ethyl adjacent to an activating group) is 1. The molecule has 27 heavy (non-hydrogen) atoms. The fourth-order valence-corrected chi connectivity index (χ4v) is 4.07. The summed E-state index contributed by atoms with van der Waals surface area (Å²) in [4.78, 5) is 14.4. The van der Waals surface area contributed by atoms with E-state index in [-0.39, 0.29) is 5.91 Å². The van der Waals surface area contributed by atoms with Crippen molar-refractivity contribution in [3.63, 3.8) is 0 Å². The van der Waals surface area contributed by atoms with Crippen LogP contribution < -0.4 is 9.04 Å². The first-order chi connectivity index (χ1) is 12.6. The normalized spacial score (nSPS) is 12.3. The van der Waals surface area contributed by atoms with Crippen molar-refractivity contribution in [3.05, 3.63) is 59.7 Å². The van der Waals surface area contributed by atoms with Crippen LogP contribution in [0.1, 0.15) is 18.1 Å². The van der Waals surface area contributed by atoms with Crippen LogP contribution in [0.25, 0.3) is 0 Å². The Hall–Kier alpha value is -2.54. The van der Waals surface area contributed by atoms with E-state index < -0.39 is 16.1 Å². The van der Waals surface area contributed by atoms with E-state index in [2.05, 4.69) is 0 Å². The van der Waals surface area contributed by atoms with Crippen LogP contribution in [0.3, 0.4) is 0 Å². The van der Waals surface area contributed by atoms with E-state index in [0.717, 1.165) is 21.7 Å². The van der Waals surface area contributed by atoms with Crippen molar-refractivity contribution >= 4 is 21.6 Å². The molecule has 7 heteroatoms. The molecule has 0 aromatic heterocycles. The van der Waals surface area contributed by atoms with Crippen LogP contribution in [-0.4, -0.2) is 45.7 Å². The van der Waals surface area contributed by atoms with E-state index in [1.165, 1.54) is 12.0 Å². The van der Waals surface area contributed by atoms with Gasteiger partial charge in [-0.3, -0.25) is 9.10 Å². The number of rotatable bonds is 7. The molecule has 0 saturated heterocycles. The van der Waals surface area contributed by atoms with Gasteiger partial charge in [0.25, 0.3) is 0 Å². The van der Waals surface area contributed by atoms with Gasteiger partial charge in [-0.2, -0.15) is 0 Å². The van der Waals surface area contributed by atoms with Crippen LogP contribution in [0.5, 0.6) is 5.75 Å². The Morgan fingerprint density at radius 3 is 2.11 bits per heavy atom. The molecule has 0 aliphatic carbocycles. The van der Waals surface area contributed by atoms with Crippen LogP contribution in [0, 0.1) is 6.92 Å². The van der Waals surface area contributed by atoms with E-state index in [9.17, 15) is 13.2 Å². The number of hydrogen-bond donors (Lipinski definition) is 0. The maximum atomic E-state index is 12.9. The minimum absolute atomic E-state index is 0.281. The lowest BCUT2D eigenvalue weighted by molar-refractivity contribution is -0.131. The first-order valence-electron chi connectivity index (χ1n) is 8.57. The van der Waals surface area contributed by atoms with Crippen LogP contribution in [0.15, 0.2) is 48.5 Å². The van der Waals surface area contributed by atoms with Gasteiger partial charge >= 0.3 is 0 Å². The molecular weight excluding hydrogens is 364 g/mol. The van der Waals surface area contributed by atoms with Crippen LogP contribution in [-0.2, 0) is 21.4 Å². The fraction of sp³-hybridized carbons (Fsp3) is 0.350. The molecule has 0 N–H and O–H groups in total. The lowest BCUT2D eigenvalue weighted by atomic mass is 10.1. The van der Waals surface area contributed by atoms with E-state index in [4.69, 9.17) is 4.74 Å². The second kappa shape index (κ2) is 8.43. The predicted molar refractivity (Wildman–Crippen MR) is 107 cm³/mol. The highest BCUT2D eigenvalue weighted by atomic mass is 32.2. The third kappa shape index (κ3) is 5.23. The molecule has 146 valence electrons. The molecule has 0 aliphatic rings. The molecule has 0 fully saturated rings. The molecule has 1 amide bonds. The number of methoxy groups -OCH3 is 1. The monoisotopic (exact) mass is 390 g/mol. The zero-order valence-electron chi connectivity index (χ0n) is 16.3. The third-order valence-corrected chi connectivity index (χ3v) is 5.55. The van der Waals surface area contributed by atoms with Gasteiger partial charge in [-0.15, -0.1) is 0 Å². The molecule has 0 spiro atoms. The highest BCUT2D eigenvalue weighted by molar-refractivity contribution is 7.92. The quantitative estimate of drug-likeness (QED) is 0.729. The third-order valence-electron chi connectivity index (χ3n) is 4.31. The summed E-state index contributed by atoms with van der Waals surface area (Å²) in [5, 5.41) is 0. The van der Waals surface area contributed by atoms with Crippen LogP contribution in [0.4, 0.5) is 5.69 Å². The summed E-state index contributed by atoms with van der Waals surface area (Å²) in [6.45, 7) is 4.00. The number of ether oxygens (including phenoxy) is 1. The zero-order valence-corrected chi connectivity index (χ0v) is 17.2. The van der Waals surface area contributed by atoms with Crippen molar-refractivity contribution in [2.45, 2.75) is 26.4 Å². The van der Waals surface area contributed by atoms with Gasteiger partial charge in [0.2, 0.25) is 15.9 Å². The average molecular weight is 391 g/mol. The van der Waals surface area contributed by atoms with Gasteiger partial charge in [0.05, 0.1) is 19.1 Å². The Morgan fingerprint density at radius 2 is 1.63 bits per heavy atom. The number of aryl methyl sites for hydroxylation is 1. The Morgan fingerprint density at radius 1 is 1.07 bits per heavy atom. The molecule has 2 rings (SSSR count). The van der Waals surface area contributed by atoms with Crippen molar-refractivity contribution in [1.29, 1.82) is 0 Å². The highest BCUT2D eigenvalue weighted by Gasteiger charge is 2.31. The maximum Gasteiger partial charge on any atom is 0.246 e. The summed E-state index contributed by atoms with van der Waals surface area (Å²) in [5.41, 5.74) is 2.55. The molecule has 0 radical (unpaired) electrons. The molecule has 0 saturated carbocycles. The second-order valence-corrected chi connectivity index (χ2v) is 8.47. The topological polar surface area (TPSA) is 66.9 Å². The summed E-state index contributed by atoms with van der Waals surface area (Å²) in [6, 6.07) is 13.6. The van der Waals surface area contributed by atoms with Crippen molar-refractivity contribution < 1.29 is 17.9 Å². The molecule has 0 aliphatic heterocycles. The first kappa shape index (κ1) is 20.8. The van der Waals surface area contributed by atoms with Crippen molar-refractivity contribution in [2.24, 2.45) is 0 Å². The predicted octanol–water partition coefficient (Wildman–Crippen LogP) is 2.82. The van der Waals surface area contributed by atoms with Gasteiger partial charge in [0, 0.05) is 13.6 Å². The zero-order chi connectivity index (χ0) is 20.2. The average Bonchev–Trinajstić information content (AvgIpc) is 2.62. The van der Waals surface area contributed by atoms with Crippen molar-refractivity contribution in [2.75, 3.05) is 24.7 Å². The highest BCUT2D eigenvalue weighted by Crippen LogP contribution is 2.24. The summed E-state index contributed by atoms with van der Waals surface area (Å²) >= 11 is 0. The Bertz CT molecular complexity index is 877. The van der Waals surface area contributed by atoms with Gasteiger partial charge in [-0.1, -0.05) is 29.8 Å². The van der Waals surface area contributed by atoms with Crippen molar-refractivity contribution in [1.82, 2.24) is 4.90 Å². The van der Waals surface area contributed by atoms with E-state index in [1.54, 1.807) is 38.2 Å². The molecule has 0 heterocycles. The van der Waals surface area contributed by atoms with Gasteiger partial charge < -0.3 is 9.64 Å². The van der Waals surface area contributed by atoms with Gasteiger partial charge in [-0.05, 0) is 43.7 Å².